The van der Waals surface area contributed by atoms with Gasteiger partial charge in [0.2, 0.25) is 0 Å². The summed E-state index contributed by atoms with van der Waals surface area (Å²) in [6.45, 7) is 8.18. The zero-order valence-electron chi connectivity index (χ0n) is 7.81. The second-order valence-electron chi connectivity index (χ2n) is 3.08. The molecule has 0 unspecified atom stereocenters. The van der Waals surface area contributed by atoms with E-state index in [4.69, 9.17) is 10.2 Å². The Balaban J connectivity index is 0. The third kappa shape index (κ3) is 8.26. The van der Waals surface area contributed by atoms with Crippen molar-refractivity contribution in [1.29, 1.82) is 0 Å². The second-order valence-corrected chi connectivity index (χ2v) is 7.39. The first kappa shape index (κ1) is 13.9. The van der Waals surface area contributed by atoms with Gasteiger partial charge in [0, 0.05) is 17.6 Å². The normalized spacial score (nSPS) is 10.9. The molecule has 66 valence electrons. The van der Waals surface area contributed by atoms with Gasteiger partial charge in [0.25, 0.3) is 0 Å². The zero-order chi connectivity index (χ0) is 8.04. The van der Waals surface area contributed by atoms with E-state index < -0.39 is 8.32 Å². The van der Waals surface area contributed by atoms with Gasteiger partial charge in [0.15, 0.2) is 8.32 Å². The van der Waals surface area contributed by atoms with Crippen LogP contribution in [0.1, 0.15) is 13.3 Å². The fourth-order valence-electron chi connectivity index (χ4n) is 0.991. The maximum Gasteiger partial charge on any atom is 0.186 e. The molecule has 0 aromatic rings. The van der Waals surface area contributed by atoms with Gasteiger partial charge in [-0.3, -0.25) is 0 Å². The van der Waals surface area contributed by atoms with Gasteiger partial charge in [0.05, 0.1) is 0 Å². The van der Waals surface area contributed by atoms with Crippen LogP contribution >= 0.6 is 0 Å². The van der Waals surface area contributed by atoms with E-state index in [1.165, 1.54) is 6.04 Å². The fourth-order valence-corrected chi connectivity index (χ4v) is 2.97. The van der Waals surface area contributed by atoms with Crippen molar-refractivity contribution in [3.63, 3.8) is 0 Å². The minimum Gasteiger partial charge on any atom is -0.418 e. The Morgan fingerprint density at radius 2 is 1.91 bits per heavy atom. The third-order valence-corrected chi connectivity index (χ3v) is 4.15. The van der Waals surface area contributed by atoms with E-state index in [-0.39, 0.29) is 11.0 Å². The van der Waals surface area contributed by atoms with Gasteiger partial charge in [-0.2, -0.15) is 0 Å². The van der Waals surface area contributed by atoms with Crippen LogP contribution in [0.25, 0.3) is 0 Å². The molecule has 2 N–H and O–H groups in total. The third-order valence-electron chi connectivity index (χ3n) is 1.52. The predicted molar refractivity (Wildman–Crippen MR) is 53.3 cm³/mol. The molecule has 0 rings (SSSR count). The molecule has 11 heavy (non-hydrogen) atoms. The number of nitrogens with two attached hydrogens (primary N) is 1. The number of hydrogen-bond donors (Lipinski definition) is 1. The Morgan fingerprint density at radius 3 is 2.27 bits per heavy atom. The SMILES string of the molecule is CCO[Si](C)(C)CCCN.[Si]. The van der Waals surface area contributed by atoms with Crippen molar-refractivity contribution in [1.82, 2.24) is 0 Å². The molecule has 0 aliphatic heterocycles. The maximum atomic E-state index is 5.61. The van der Waals surface area contributed by atoms with Crippen LogP contribution in [0.2, 0.25) is 19.1 Å². The first-order chi connectivity index (χ1) is 4.62. The Hall–Kier alpha value is 0.354. The molecular weight excluding hydrogens is 170 g/mol. The van der Waals surface area contributed by atoms with E-state index in [9.17, 15) is 0 Å². The molecule has 0 amide bonds. The Bertz CT molecular complexity index is 88.5. The molecule has 4 heteroatoms. The molecule has 0 saturated carbocycles. The molecular formula is C7H19NOSi2. The monoisotopic (exact) mass is 189 g/mol. The van der Waals surface area contributed by atoms with E-state index in [0.717, 1.165) is 19.6 Å². The molecule has 0 aromatic heterocycles. The highest BCUT2D eigenvalue weighted by molar-refractivity contribution is 6.71. The number of hydrogen-bond acceptors (Lipinski definition) is 2. The molecule has 0 saturated heterocycles. The lowest BCUT2D eigenvalue weighted by Gasteiger charge is -2.21. The lowest BCUT2D eigenvalue weighted by molar-refractivity contribution is 0.328. The Labute approximate surface area is 75.7 Å². The highest BCUT2D eigenvalue weighted by Crippen LogP contribution is 2.12. The molecule has 0 heterocycles. The summed E-state index contributed by atoms with van der Waals surface area (Å²) in [5.41, 5.74) is 5.40. The topological polar surface area (TPSA) is 35.2 Å². The number of rotatable bonds is 5. The van der Waals surface area contributed by atoms with Crippen LogP contribution < -0.4 is 5.73 Å². The summed E-state index contributed by atoms with van der Waals surface area (Å²) in [7, 11) is -1.30. The first-order valence-corrected chi connectivity index (χ1v) is 7.08. The smallest absolute Gasteiger partial charge is 0.186 e. The van der Waals surface area contributed by atoms with Crippen molar-refractivity contribution >= 4 is 19.3 Å². The fraction of sp³-hybridized carbons (Fsp3) is 1.00. The van der Waals surface area contributed by atoms with E-state index in [1.807, 2.05) is 0 Å². The van der Waals surface area contributed by atoms with Crippen LogP contribution in [0.15, 0.2) is 0 Å². The van der Waals surface area contributed by atoms with Crippen LogP contribution in [-0.2, 0) is 4.43 Å². The molecule has 0 aliphatic rings. The van der Waals surface area contributed by atoms with Gasteiger partial charge in [-0.1, -0.05) is 0 Å². The summed E-state index contributed by atoms with van der Waals surface area (Å²) in [6.07, 6.45) is 1.11. The quantitative estimate of drug-likeness (QED) is 0.660. The predicted octanol–water partition coefficient (Wildman–Crippen LogP) is 1.20. The van der Waals surface area contributed by atoms with Crippen molar-refractivity contribution in [3.8, 4) is 0 Å². The molecule has 2 nitrogen and oxygen atoms in total. The average Bonchev–Trinajstić information content (AvgIpc) is 1.84. The van der Waals surface area contributed by atoms with E-state index in [1.54, 1.807) is 0 Å². The van der Waals surface area contributed by atoms with Crippen LogP contribution in [0.4, 0.5) is 0 Å². The highest BCUT2D eigenvalue weighted by atomic mass is 28.4. The summed E-state index contributed by atoms with van der Waals surface area (Å²) in [4.78, 5) is 0. The summed E-state index contributed by atoms with van der Waals surface area (Å²) >= 11 is 0. The molecule has 4 radical (unpaired) electrons. The molecule has 0 spiro atoms. The lowest BCUT2D eigenvalue weighted by Crippen LogP contribution is -2.30. The Kier molecular flexibility index (Phi) is 8.89. The van der Waals surface area contributed by atoms with E-state index >= 15 is 0 Å². The standard InChI is InChI=1S/C7H19NOSi.Si/c1-4-9-10(2,3)7-5-6-8;/h4-8H2,1-3H3;. The largest absolute Gasteiger partial charge is 0.418 e. The average molecular weight is 189 g/mol. The molecule has 0 bridgehead atoms. The minimum absolute atomic E-state index is 0. The summed E-state index contributed by atoms with van der Waals surface area (Å²) < 4.78 is 5.61. The van der Waals surface area contributed by atoms with Gasteiger partial charge in [-0.05, 0) is 39.0 Å². The van der Waals surface area contributed by atoms with Crippen LogP contribution in [-0.4, -0.2) is 32.4 Å². The van der Waals surface area contributed by atoms with Gasteiger partial charge < -0.3 is 10.2 Å². The molecule has 0 aromatic carbocycles. The van der Waals surface area contributed by atoms with E-state index in [0.29, 0.717) is 0 Å². The van der Waals surface area contributed by atoms with Gasteiger partial charge in [-0.25, -0.2) is 0 Å². The van der Waals surface area contributed by atoms with Crippen molar-refractivity contribution in [2.75, 3.05) is 13.2 Å². The van der Waals surface area contributed by atoms with E-state index in [2.05, 4.69) is 20.0 Å². The van der Waals surface area contributed by atoms with Crippen molar-refractivity contribution in [3.05, 3.63) is 0 Å². The second kappa shape index (κ2) is 7.03. The highest BCUT2D eigenvalue weighted by Gasteiger charge is 2.19. The lowest BCUT2D eigenvalue weighted by atomic mass is 10.5. The summed E-state index contributed by atoms with van der Waals surface area (Å²) in [5.74, 6) is 0. The maximum absolute atomic E-state index is 5.61. The summed E-state index contributed by atoms with van der Waals surface area (Å²) in [5, 5.41) is 0. The van der Waals surface area contributed by atoms with Crippen molar-refractivity contribution in [2.45, 2.75) is 32.5 Å². The van der Waals surface area contributed by atoms with Crippen LogP contribution in [0.3, 0.4) is 0 Å². The first-order valence-electron chi connectivity index (χ1n) is 3.96. The Morgan fingerprint density at radius 1 is 1.36 bits per heavy atom. The molecule has 0 atom stereocenters. The van der Waals surface area contributed by atoms with Crippen molar-refractivity contribution in [2.24, 2.45) is 5.73 Å². The van der Waals surface area contributed by atoms with Crippen LogP contribution in [0.5, 0.6) is 0 Å². The van der Waals surface area contributed by atoms with Gasteiger partial charge >= 0.3 is 0 Å². The zero-order valence-corrected chi connectivity index (χ0v) is 9.81. The molecule has 0 fully saturated rings. The summed E-state index contributed by atoms with van der Waals surface area (Å²) in [6, 6.07) is 1.19. The van der Waals surface area contributed by atoms with Crippen LogP contribution in [0, 0.1) is 0 Å². The minimum atomic E-state index is -1.30. The van der Waals surface area contributed by atoms with Crippen molar-refractivity contribution < 1.29 is 4.43 Å². The molecule has 0 aliphatic carbocycles. The van der Waals surface area contributed by atoms with Gasteiger partial charge in [0.1, 0.15) is 0 Å². The van der Waals surface area contributed by atoms with Gasteiger partial charge in [-0.15, -0.1) is 0 Å².